The van der Waals surface area contributed by atoms with Gasteiger partial charge in [-0.15, -0.1) is 0 Å². The quantitative estimate of drug-likeness (QED) is 0.656. The van der Waals surface area contributed by atoms with Gasteiger partial charge in [0, 0.05) is 30.3 Å². The van der Waals surface area contributed by atoms with Crippen LogP contribution in [0.4, 0.5) is 5.69 Å². The summed E-state index contributed by atoms with van der Waals surface area (Å²) in [5, 5.41) is 2.69. The van der Waals surface area contributed by atoms with E-state index < -0.39 is 30.2 Å². The molecule has 4 rings (SSSR count). The summed E-state index contributed by atoms with van der Waals surface area (Å²) in [5.41, 5.74) is 1.81. The van der Waals surface area contributed by atoms with E-state index in [2.05, 4.69) is 10.3 Å². The average Bonchev–Trinajstić information content (AvgIpc) is 3.43. The number of aromatic nitrogens is 1. The second-order valence-electron chi connectivity index (χ2n) is 7.95. The fourth-order valence-corrected chi connectivity index (χ4v) is 4.15. The third kappa shape index (κ3) is 4.15. The van der Waals surface area contributed by atoms with E-state index in [1.54, 1.807) is 39.0 Å². The first-order valence-electron chi connectivity index (χ1n) is 10.7. The normalized spacial score (nSPS) is 15.6. The van der Waals surface area contributed by atoms with E-state index >= 15 is 0 Å². The number of aryl methyl sites for hydroxylation is 1. The van der Waals surface area contributed by atoms with Crippen molar-refractivity contribution in [3.05, 3.63) is 40.7 Å². The van der Waals surface area contributed by atoms with Gasteiger partial charge in [0.2, 0.25) is 0 Å². The van der Waals surface area contributed by atoms with Crippen molar-refractivity contribution in [3.8, 4) is 11.5 Å². The van der Waals surface area contributed by atoms with Crippen molar-refractivity contribution in [2.24, 2.45) is 0 Å². The highest BCUT2D eigenvalue weighted by molar-refractivity contribution is 6.00. The van der Waals surface area contributed by atoms with Gasteiger partial charge in [-0.3, -0.25) is 4.79 Å². The number of benzene rings is 1. The van der Waals surface area contributed by atoms with E-state index in [1.807, 2.05) is 0 Å². The van der Waals surface area contributed by atoms with Gasteiger partial charge in [0.25, 0.3) is 11.7 Å². The predicted octanol–water partition coefficient (Wildman–Crippen LogP) is 3.65. The van der Waals surface area contributed by atoms with Crippen LogP contribution in [0.25, 0.3) is 0 Å². The minimum absolute atomic E-state index is 0.196. The number of aromatic amines is 1. The third-order valence-electron chi connectivity index (χ3n) is 5.64. The molecule has 1 amide bonds. The standard InChI is InChI=1S/C23H26N2O7/c1-4-29-22(28)20-13(2)19(14(3)24-20)21(27)30-12-18(26)25-15-7-8-16-17(11-15)32-23(31-16)9-5-6-10-23/h7-8,11,24H,4-6,9-10,12H2,1-3H3,(H,25,26). The van der Waals surface area contributed by atoms with Gasteiger partial charge < -0.3 is 29.2 Å². The third-order valence-corrected chi connectivity index (χ3v) is 5.64. The Balaban J connectivity index is 1.35. The number of carbonyl (C=O) groups excluding carboxylic acids is 3. The molecule has 1 saturated carbocycles. The minimum Gasteiger partial charge on any atom is -0.461 e. The fourth-order valence-electron chi connectivity index (χ4n) is 4.15. The number of amides is 1. The zero-order chi connectivity index (χ0) is 22.9. The Morgan fingerprint density at radius 3 is 2.50 bits per heavy atom. The number of esters is 2. The molecule has 1 aromatic heterocycles. The van der Waals surface area contributed by atoms with Crippen LogP contribution in [0.2, 0.25) is 0 Å². The molecule has 2 aliphatic rings. The number of ether oxygens (including phenoxy) is 4. The monoisotopic (exact) mass is 442 g/mol. The Kier molecular flexibility index (Phi) is 5.82. The maximum absolute atomic E-state index is 12.5. The zero-order valence-corrected chi connectivity index (χ0v) is 18.3. The maximum Gasteiger partial charge on any atom is 0.355 e. The highest BCUT2D eigenvalue weighted by Gasteiger charge is 2.44. The van der Waals surface area contributed by atoms with Crippen LogP contribution in [0, 0.1) is 13.8 Å². The lowest BCUT2D eigenvalue weighted by atomic mass is 10.1. The Bertz CT molecular complexity index is 1070. The molecule has 9 heteroatoms. The van der Waals surface area contributed by atoms with Crippen LogP contribution in [0.1, 0.15) is 64.7 Å². The molecule has 0 saturated heterocycles. The van der Waals surface area contributed by atoms with Crippen LogP contribution in [0.15, 0.2) is 18.2 Å². The molecule has 1 fully saturated rings. The SMILES string of the molecule is CCOC(=O)c1[nH]c(C)c(C(=O)OCC(=O)Nc2ccc3c(c2)OC2(CCCC2)O3)c1C. The van der Waals surface area contributed by atoms with E-state index in [1.165, 1.54) is 0 Å². The molecule has 1 aliphatic carbocycles. The summed E-state index contributed by atoms with van der Waals surface area (Å²) >= 11 is 0. The lowest BCUT2D eigenvalue weighted by Gasteiger charge is -2.21. The first kappa shape index (κ1) is 21.7. The molecular weight excluding hydrogens is 416 g/mol. The summed E-state index contributed by atoms with van der Waals surface area (Å²) in [6.07, 6.45) is 3.80. The first-order valence-corrected chi connectivity index (χ1v) is 10.7. The molecular formula is C23H26N2O7. The second-order valence-corrected chi connectivity index (χ2v) is 7.95. The molecule has 0 bridgehead atoms. The molecule has 32 heavy (non-hydrogen) atoms. The molecule has 1 aromatic carbocycles. The van der Waals surface area contributed by atoms with Crippen LogP contribution < -0.4 is 14.8 Å². The lowest BCUT2D eigenvalue weighted by Crippen LogP contribution is -2.34. The van der Waals surface area contributed by atoms with Crippen molar-refractivity contribution in [2.45, 2.75) is 52.2 Å². The number of hydrogen-bond donors (Lipinski definition) is 2. The number of H-pyrrole nitrogens is 1. The van der Waals surface area contributed by atoms with Crippen molar-refractivity contribution in [1.82, 2.24) is 4.98 Å². The Hall–Kier alpha value is -3.49. The summed E-state index contributed by atoms with van der Waals surface area (Å²) < 4.78 is 22.1. The largest absolute Gasteiger partial charge is 0.461 e. The topological polar surface area (TPSA) is 116 Å². The van der Waals surface area contributed by atoms with Gasteiger partial charge in [0.1, 0.15) is 5.69 Å². The fraction of sp³-hybridized carbons (Fsp3) is 0.435. The summed E-state index contributed by atoms with van der Waals surface area (Å²) in [7, 11) is 0. The van der Waals surface area contributed by atoms with Crippen molar-refractivity contribution in [2.75, 3.05) is 18.5 Å². The van der Waals surface area contributed by atoms with Crippen LogP contribution in [0.3, 0.4) is 0 Å². The van der Waals surface area contributed by atoms with Gasteiger partial charge in [-0.05, 0) is 51.3 Å². The first-order chi connectivity index (χ1) is 15.3. The predicted molar refractivity (Wildman–Crippen MR) is 114 cm³/mol. The number of nitrogens with one attached hydrogen (secondary N) is 2. The van der Waals surface area contributed by atoms with Crippen molar-refractivity contribution in [1.29, 1.82) is 0 Å². The van der Waals surface area contributed by atoms with Gasteiger partial charge in [-0.25, -0.2) is 9.59 Å². The molecule has 2 N–H and O–H groups in total. The second kappa shape index (κ2) is 8.57. The van der Waals surface area contributed by atoms with E-state index in [9.17, 15) is 14.4 Å². The highest BCUT2D eigenvalue weighted by atomic mass is 16.7. The molecule has 2 aromatic rings. The van der Waals surface area contributed by atoms with Crippen LogP contribution in [0.5, 0.6) is 11.5 Å². The van der Waals surface area contributed by atoms with Crippen molar-refractivity contribution < 1.29 is 33.3 Å². The van der Waals surface area contributed by atoms with E-state index in [0.29, 0.717) is 28.4 Å². The van der Waals surface area contributed by atoms with Gasteiger partial charge in [-0.1, -0.05) is 0 Å². The summed E-state index contributed by atoms with van der Waals surface area (Å²) in [6, 6.07) is 5.17. The molecule has 0 atom stereocenters. The lowest BCUT2D eigenvalue weighted by molar-refractivity contribution is -0.119. The Morgan fingerprint density at radius 2 is 1.78 bits per heavy atom. The number of hydrogen-bond acceptors (Lipinski definition) is 7. The smallest absolute Gasteiger partial charge is 0.355 e. The molecule has 1 aliphatic heterocycles. The molecule has 2 heterocycles. The molecule has 9 nitrogen and oxygen atoms in total. The highest BCUT2D eigenvalue weighted by Crippen LogP contribution is 2.47. The van der Waals surface area contributed by atoms with E-state index in [4.69, 9.17) is 18.9 Å². The molecule has 1 spiro atoms. The van der Waals surface area contributed by atoms with E-state index in [0.717, 1.165) is 25.7 Å². The van der Waals surface area contributed by atoms with Crippen molar-refractivity contribution in [3.63, 3.8) is 0 Å². The Morgan fingerprint density at radius 1 is 1.06 bits per heavy atom. The van der Waals surface area contributed by atoms with Crippen molar-refractivity contribution >= 4 is 23.5 Å². The Labute approximate surface area is 185 Å². The number of carbonyl (C=O) groups is 3. The van der Waals surface area contributed by atoms with E-state index in [-0.39, 0.29) is 17.9 Å². The van der Waals surface area contributed by atoms with Gasteiger partial charge >= 0.3 is 11.9 Å². The van der Waals surface area contributed by atoms with Crippen LogP contribution >= 0.6 is 0 Å². The molecule has 0 unspecified atom stereocenters. The summed E-state index contributed by atoms with van der Waals surface area (Å²) in [5.74, 6) is -1.07. The minimum atomic E-state index is -0.698. The molecule has 0 radical (unpaired) electrons. The zero-order valence-electron chi connectivity index (χ0n) is 18.3. The van der Waals surface area contributed by atoms with Gasteiger partial charge in [0.15, 0.2) is 18.1 Å². The number of rotatable bonds is 6. The van der Waals surface area contributed by atoms with Gasteiger partial charge in [-0.2, -0.15) is 0 Å². The van der Waals surface area contributed by atoms with Crippen LogP contribution in [-0.2, 0) is 14.3 Å². The van der Waals surface area contributed by atoms with Gasteiger partial charge in [0.05, 0.1) is 12.2 Å². The summed E-state index contributed by atoms with van der Waals surface area (Å²) in [6.45, 7) is 4.71. The van der Waals surface area contributed by atoms with Crippen LogP contribution in [-0.4, -0.2) is 41.8 Å². The summed E-state index contributed by atoms with van der Waals surface area (Å²) in [4.78, 5) is 39.7. The molecule has 170 valence electrons. The number of fused-ring (bicyclic) bond motifs is 1. The average molecular weight is 442 g/mol. The maximum atomic E-state index is 12.5. The number of anilines is 1.